The number of benzene rings is 1. The van der Waals surface area contributed by atoms with Gasteiger partial charge in [-0.2, -0.15) is 5.26 Å². The standard InChI is InChI=1S/C16H15N3O3/c1-2-8-18(9-7-17)10-12(20)11-19-15(21)13-5-3-4-6-14(13)16(19)22/h1,3-6,12,20H,8-11H2/t12-/m0/s1. The van der Waals surface area contributed by atoms with Crippen LogP contribution in [-0.4, -0.2) is 59.0 Å². The molecule has 0 saturated carbocycles. The van der Waals surface area contributed by atoms with Crippen LogP contribution in [-0.2, 0) is 0 Å². The maximum absolute atomic E-state index is 12.2. The SMILES string of the molecule is C#CCN(CC#N)C[C@H](O)CN1C(=O)c2ccccc2C1=O. The molecule has 6 nitrogen and oxygen atoms in total. The summed E-state index contributed by atoms with van der Waals surface area (Å²) in [6.45, 7) is 0.278. The zero-order valence-electron chi connectivity index (χ0n) is 11.9. The van der Waals surface area contributed by atoms with E-state index in [-0.39, 0.29) is 26.2 Å². The zero-order valence-corrected chi connectivity index (χ0v) is 11.9. The number of amides is 2. The average Bonchev–Trinajstić information content (AvgIpc) is 2.73. The van der Waals surface area contributed by atoms with Gasteiger partial charge in [0.1, 0.15) is 0 Å². The first-order valence-electron chi connectivity index (χ1n) is 6.74. The van der Waals surface area contributed by atoms with Crippen molar-refractivity contribution in [3.05, 3.63) is 35.4 Å². The molecule has 0 unspecified atom stereocenters. The smallest absolute Gasteiger partial charge is 0.261 e. The Morgan fingerprint density at radius 3 is 2.32 bits per heavy atom. The van der Waals surface area contributed by atoms with Gasteiger partial charge < -0.3 is 5.11 Å². The quantitative estimate of drug-likeness (QED) is 0.457. The van der Waals surface area contributed by atoms with E-state index in [1.807, 2.05) is 6.07 Å². The van der Waals surface area contributed by atoms with E-state index >= 15 is 0 Å². The van der Waals surface area contributed by atoms with Gasteiger partial charge in [0.05, 0.1) is 42.9 Å². The second-order valence-corrected chi connectivity index (χ2v) is 4.95. The van der Waals surface area contributed by atoms with Crippen LogP contribution in [0.5, 0.6) is 0 Å². The first-order valence-corrected chi connectivity index (χ1v) is 6.74. The zero-order chi connectivity index (χ0) is 16.1. The van der Waals surface area contributed by atoms with E-state index in [1.54, 1.807) is 29.2 Å². The molecule has 0 bridgehead atoms. The van der Waals surface area contributed by atoms with Gasteiger partial charge in [-0.3, -0.25) is 19.4 Å². The summed E-state index contributed by atoms with van der Waals surface area (Å²) in [4.78, 5) is 26.9. The molecule has 0 radical (unpaired) electrons. The lowest BCUT2D eigenvalue weighted by molar-refractivity contribution is 0.0493. The number of fused-ring (bicyclic) bond motifs is 1. The molecule has 1 aromatic rings. The van der Waals surface area contributed by atoms with Crippen molar-refractivity contribution in [1.82, 2.24) is 9.80 Å². The Labute approximate surface area is 128 Å². The molecule has 1 atom stereocenters. The van der Waals surface area contributed by atoms with E-state index in [2.05, 4.69) is 5.92 Å². The van der Waals surface area contributed by atoms with Gasteiger partial charge >= 0.3 is 0 Å². The number of hydrogen-bond donors (Lipinski definition) is 1. The second kappa shape index (κ2) is 6.86. The predicted octanol–water partition coefficient (Wildman–Crippen LogP) is 0.102. The van der Waals surface area contributed by atoms with Crippen molar-refractivity contribution in [3.63, 3.8) is 0 Å². The first-order chi connectivity index (χ1) is 10.6. The van der Waals surface area contributed by atoms with E-state index < -0.39 is 17.9 Å². The van der Waals surface area contributed by atoms with Crippen LogP contribution in [0.3, 0.4) is 0 Å². The van der Waals surface area contributed by atoms with Crippen molar-refractivity contribution in [2.75, 3.05) is 26.2 Å². The van der Waals surface area contributed by atoms with Crippen molar-refractivity contribution in [3.8, 4) is 18.4 Å². The van der Waals surface area contributed by atoms with Crippen molar-refractivity contribution >= 4 is 11.8 Å². The van der Waals surface area contributed by atoms with Crippen LogP contribution >= 0.6 is 0 Å². The van der Waals surface area contributed by atoms with Gasteiger partial charge in [0.25, 0.3) is 11.8 Å². The van der Waals surface area contributed by atoms with Gasteiger partial charge in [0.2, 0.25) is 0 Å². The number of rotatable bonds is 6. The van der Waals surface area contributed by atoms with Gasteiger partial charge in [-0.1, -0.05) is 18.1 Å². The summed E-state index contributed by atoms with van der Waals surface area (Å²) in [6.07, 6.45) is 4.23. The van der Waals surface area contributed by atoms with Gasteiger partial charge in [0.15, 0.2) is 0 Å². The van der Waals surface area contributed by atoms with E-state index in [9.17, 15) is 14.7 Å². The Hall–Kier alpha value is -2.67. The van der Waals surface area contributed by atoms with Crippen molar-refractivity contribution in [2.24, 2.45) is 0 Å². The first kappa shape index (κ1) is 15.7. The molecule has 1 heterocycles. The molecular formula is C16H15N3O3. The maximum Gasteiger partial charge on any atom is 0.261 e. The van der Waals surface area contributed by atoms with Crippen LogP contribution in [0.4, 0.5) is 0 Å². The minimum Gasteiger partial charge on any atom is -0.390 e. The van der Waals surface area contributed by atoms with E-state index in [4.69, 9.17) is 11.7 Å². The highest BCUT2D eigenvalue weighted by atomic mass is 16.3. The fourth-order valence-electron chi connectivity index (χ4n) is 2.39. The lowest BCUT2D eigenvalue weighted by atomic mass is 10.1. The average molecular weight is 297 g/mol. The summed E-state index contributed by atoms with van der Waals surface area (Å²) in [6, 6.07) is 8.50. The lowest BCUT2D eigenvalue weighted by Gasteiger charge is -2.23. The molecule has 6 heteroatoms. The third kappa shape index (κ3) is 3.15. The van der Waals surface area contributed by atoms with Gasteiger partial charge in [-0.15, -0.1) is 6.42 Å². The highest BCUT2D eigenvalue weighted by molar-refractivity contribution is 6.21. The molecule has 2 rings (SSSR count). The minimum atomic E-state index is -0.969. The fraction of sp³-hybridized carbons (Fsp3) is 0.312. The minimum absolute atomic E-state index is 0.0728. The van der Waals surface area contributed by atoms with Crippen LogP contribution in [0, 0.1) is 23.7 Å². The van der Waals surface area contributed by atoms with E-state index in [0.29, 0.717) is 11.1 Å². The van der Waals surface area contributed by atoms with Gasteiger partial charge in [0, 0.05) is 6.54 Å². The third-order valence-electron chi connectivity index (χ3n) is 3.35. The van der Waals surface area contributed by atoms with Crippen molar-refractivity contribution < 1.29 is 14.7 Å². The molecule has 0 aliphatic carbocycles. The summed E-state index contributed by atoms with van der Waals surface area (Å²) in [5, 5.41) is 18.8. The Bertz CT molecular complexity index is 621. The Balaban J connectivity index is 2.03. The molecule has 1 aliphatic rings. The van der Waals surface area contributed by atoms with Crippen molar-refractivity contribution in [2.45, 2.75) is 6.10 Å². The summed E-state index contributed by atoms with van der Waals surface area (Å²) < 4.78 is 0. The molecule has 0 saturated heterocycles. The Morgan fingerprint density at radius 1 is 1.23 bits per heavy atom. The number of aliphatic hydroxyl groups excluding tert-OH is 1. The molecule has 0 fully saturated rings. The number of carbonyl (C=O) groups is 2. The van der Waals surface area contributed by atoms with Crippen molar-refractivity contribution in [1.29, 1.82) is 5.26 Å². The fourth-order valence-corrected chi connectivity index (χ4v) is 2.39. The summed E-state index contributed by atoms with van der Waals surface area (Å²) in [5.74, 6) is 1.57. The van der Waals surface area contributed by atoms with Gasteiger partial charge in [-0.05, 0) is 12.1 Å². The van der Waals surface area contributed by atoms with E-state index in [1.165, 1.54) is 0 Å². The number of terminal acetylenes is 1. The van der Waals surface area contributed by atoms with Crippen LogP contribution in [0.15, 0.2) is 24.3 Å². The highest BCUT2D eigenvalue weighted by Crippen LogP contribution is 2.22. The largest absolute Gasteiger partial charge is 0.390 e. The maximum atomic E-state index is 12.2. The number of hydrogen-bond acceptors (Lipinski definition) is 5. The number of β-amino-alcohol motifs (C(OH)–C–C–N with tert-alkyl or cyclic N) is 1. The van der Waals surface area contributed by atoms with Crippen LogP contribution in [0.1, 0.15) is 20.7 Å². The monoisotopic (exact) mass is 297 g/mol. The lowest BCUT2D eigenvalue weighted by Crippen LogP contribution is -2.42. The molecule has 22 heavy (non-hydrogen) atoms. The van der Waals surface area contributed by atoms with Crippen LogP contribution in [0.25, 0.3) is 0 Å². The van der Waals surface area contributed by atoms with Crippen LogP contribution < -0.4 is 0 Å². The highest BCUT2D eigenvalue weighted by Gasteiger charge is 2.36. The van der Waals surface area contributed by atoms with E-state index in [0.717, 1.165) is 4.90 Å². The molecule has 0 spiro atoms. The molecule has 2 amide bonds. The van der Waals surface area contributed by atoms with Crippen LogP contribution in [0.2, 0.25) is 0 Å². The molecule has 1 aromatic carbocycles. The molecule has 1 N–H and O–H groups in total. The molecule has 0 aromatic heterocycles. The molecule has 1 aliphatic heterocycles. The summed E-state index contributed by atoms with van der Waals surface area (Å²) >= 11 is 0. The number of carbonyl (C=O) groups excluding carboxylic acids is 2. The summed E-state index contributed by atoms with van der Waals surface area (Å²) in [5.41, 5.74) is 0.689. The second-order valence-electron chi connectivity index (χ2n) is 4.95. The third-order valence-corrected chi connectivity index (χ3v) is 3.35. The molecule has 112 valence electrons. The Kier molecular flexibility index (Phi) is 4.90. The predicted molar refractivity (Wildman–Crippen MR) is 78.7 cm³/mol. The molecular weight excluding hydrogens is 282 g/mol. The number of imide groups is 1. The summed E-state index contributed by atoms with van der Waals surface area (Å²) in [7, 11) is 0. The number of aliphatic hydroxyl groups is 1. The normalized spacial score (nSPS) is 14.6. The number of nitrogens with zero attached hydrogens (tertiary/aromatic N) is 3. The Morgan fingerprint density at radius 2 is 1.82 bits per heavy atom. The van der Waals surface area contributed by atoms with Gasteiger partial charge in [-0.25, -0.2) is 0 Å². The number of nitriles is 1. The topological polar surface area (TPSA) is 84.6 Å².